The summed E-state index contributed by atoms with van der Waals surface area (Å²) < 4.78 is 18.6. The predicted molar refractivity (Wildman–Crippen MR) is 82.4 cm³/mol. The van der Waals surface area contributed by atoms with E-state index in [1.165, 1.54) is 12.1 Å². The first-order chi connectivity index (χ1) is 9.58. The molecule has 0 saturated carbocycles. The second-order valence-electron chi connectivity index (χ2n) is 5.15. The van der Waals surface area contributed by atoms with Crippen LogP contribution in [0.3, 0.4) is 0 Å². The van der Waals surface area contributed by atoms with Crippen molar-refractivity contribution in [1.29, 1.82) is 0 Å². The van der Waals surface area contributed by atoms with Gasteiger partial charge in [-0.05, 0) is 45.0 Å². The van der Waals surface area contributed by atoms with Gasteiger partial charge in [0.05, 0.1) is 0 Å². The molecule has 1 N–H and O–H groups in total. The highest BCUT2D eigenvalue weighted by Crippen LogP contribution is 2.16. The molecule has 21 heavy (non-hydrogen) atoms. The zero-order chi connectivity index (χ0) is 14.5. The number of benzene rings is 1. The van der Waals surface area contributed by atoms with Crippen molar-refractivity contribution in [2.45, 2.75) is 31.9 Å². The Morgan fingerprint density at radius 2 is 2.10 bits per heavy atom. The van der Waals surface area contributed by atoms with Gasteiger partial charge in [0.25, 0.3) is 5.91 Å². The molecule has 1 aromatic rings. The predicted octanol–water partition coefficient (Wildman–Crippen LogP) is 2.23. The van der Waals surface area contributed by atoms with Crippen molar-refractivity contribution in [2.24, 2.45) is 0 Å². The maximum Gasteiger partial charge on any atom is 0.263 e. The smallest absolute Gasteiger partial charge is 0.263 e. The minimum Gasteiger partial charge on any atom is -0.481 e. The molecule has 2 rings (SSSR count). The molecule has 0 radical (unpaired) electrons. The molecule has 0 spiro atoms. The van der Waals surface area contributed by atoms with E-state index in [-0.39, 0.29) is 30.2 Å². The third-order valence-electron chi connectivity index (χ3n) is 3.66. The summed E-state index contributed by atoms with van der Waals surface area (Å²) in [5.41, 5.74) is 0. The number of nitrogens with zero attached hydrogens (tertiary/aromatic N) is 1. The van der Waals surface area contributed by atoms with Gasteiger partial charge >= 0.3 is 0 Å². The summed E-state index contributed by atoms with van der Waals surface area (Å²) in [5, 5.41) is 3.27. The number of piperidine rings is 1. The lowest BCUT2D eigenvalue weighted by atomic mass is 10.0. The van der Waals surface area contributed by atoms with Crippen LogP contribution in [0.4, 0.5) is 4.39 Å². The summed E-state index contributed by atoms with van der Waals surface area (Å²) in [4.78, 5) is 14.1. The minimum absolute atomic E-state index is 0. The number of amides is 1. The van der Waals surface area contributed by atoms with E-state index < -0.39 is 6.10 Å². The van der Waals surface area contributed by atoms with E-state index in [9.17, 15) is 9.18 Å². The maximum atomic E-state index is 13.1. The summed E-state index contributed by atoms with van der Waals surface area (Å²) >= 11 is 0. The normalized spacial score (nSPS) is 16.7. The first-order valence-electron chi connectivity index (χ1n) is 6.97. The van der Waals surface area contributed by atoms with Crippen LogP contribution in [0.5, 0.6) is 5.75 Å². The Hall–Kier alpha value is -1.33. The van der Waals surface area contributed by atoms with E-state index in [1.54, 1.807) is 24.0 Å². The van der Waals surface area contributed by atoms with Crippen LogP contribution in [-0.2, 0) is 4.79 Å². The number of halogens is 2. The lowest BCUT2D eigenvalue weighted by Gasteiger charge is -2.33. The second kappa shape index (κ2) is 8.20. The van der Waals surface area contributed by atoms with Crippen LogP contribution in [0.2, 0.25) is 0 Å². The lowest BCUT2D eigenvalue weighted by Crippen LogP contribution is -2.48. The molecule has 0 bridgehead atoms. The number of ether oxygens (including phenoxy) is 1. The van der Waals surface area contributed by atoms with Crippen LogP contribution in [0.15, 0.2) is 24.3 Å². The van der Waals surface area contributed by atoms with E-state index in [1.807, 2.05) is 7.05 Å². The molecule has 1 aliphatic rings. The molecule has 118 valence electrons. The Kier molecular flexibility index (Phi) is 6.92. The fourth-order valence-electron chi connectivity index (χ4n) is 2.46. The third kappa shape index (κ3) is 4.86. The average Bonchev–Trinajstić information content (AvgIpc) is 2.46. The van der Waals surface area contributed by atoms with Gasteiger partial charge in [-0.1, -0.05) is 6.07 Å². The van der Waals surface area contributed by atoms with Crippen molar-refractivity contribution < 1.29 is 13.9 Å². The van der Waals surface area contributed by atoms with Gasteiger partial charge in [0.2, 0.25) is 0 Å². The number of carbonyl (C=O) groups is 1. The molecule has 0 aliphatic carbocycles. The first-order valence-corrected chi connectivity index (χ1v) is 6.97. The van der Waals surface area contributed by atoms with Gasteiger partial charge in [0, 0.05) is 19.2 Å². The maximum absolute atomic E-state index is 13.1. The molecule has 1 atom stereocenters. The van der Waals surface area contributed by atoms with Crippen LogP contribution in [-0.4, -0.2) is 43.1 Å². The molecule has 6 heteroatoms. The number of hydrogen-bond acceptors (Lipinski definition) is 3. The van der Waals surface area contributed by atoms with Crippen molar-refractivity contribution >= 4 is 18.3 Å². The average molecular weight is 317 g/mol. The molecule has 1 heterocycles. The molecule has 1 unspecified atom stereocenters. The Morgan fingerprint density at radius 3 is 2.71 bits per heavy atom. The third-order valence-corrected chi connectivity index (χ3v) is 3.66. The molecule has 1 aliphatic heterocycles. The zero-order valence-electron chi connectivity index (χ0n) is 12.3. The number of nitrogens with one attached hydrogen (secondary N) is 1. The fraction of sp³-hybridized carbons (Fsp3) is 0.533. The molecular weight excluding hydrogens is 295 g/mol. The molecule has 1 amide bonds. The van der Waals surface area contributed by atoms with Crippen molar-refractivity contribution in [3.05, 3.63) is 30.1 Å². The monoisotopic (exact) mass is 316 g/mol. The van der Waals surface area contributed by atoms with E-state index >= 15 is 0 Å². The zero-order valence-corrected chi connectivity index (χ0v) is 13.2. The number of carbonyl (C=O) groups excluding carboxylic acids is 1. The van der Waals surface area contributed by atoms with Crippen molar-refractivity contribution in [3.8, 4) is 5.75 Å². The van der Waals surface area contributed by atoms with Crippen molar-refractivity contribution in [3.63, 3.8) is 0 Å². The van der Waals surface area contributed by atoms with E-state index in [2.05, 4.69) is 5.32 Å². The summed E-state index contributed by atoms with van der Waals surface area (Å²) in [6.45, 7) is 3.56. The Labute approximate surface area is 131 Å². The molecule has 1 aromatic carbocycles. The SMILES string of the molecule is CC(Oc1cccc(F)c1)C(=O)N(C)C1CCNCC1.Cl. The first kappa shape index (κ1) is 17.7. The Balaban J connectivity index is 0.00000220. The molecular formula is C15H22ClFN2O2. The van der Waals surface area contributed by atoms with Gasteiger partial charge < -0.3 is 15.0 Å². The van der Waals surface area contributed by atoms with Gasteiger partial charge in [0.15, 0.2) is 6.10 Å². The van der Waals surface area contributed by atoms with E-state index in [4.69, 9.17) is 4.74 Å². The van der Waals surface area contributed by atoms with Crippen LogP contribution in [0.25, 0.3) is 0 Å². The van der Waals surface area contributed by atoms with Crippen LogP contribution < -0.4 is 10.1 Å². The summed E-state index contributed by atoms with van der Waals surface area (Å²) in [6, 6.07) is 6.10. The minimum atomic E-state index is -0.614. The largest absolute Gasteiger partial charge is 0.481 e. The molecule has 1 saturated heterocycles. The summed E-state index contributed by atoms with van der Waals surface area (Å²) in [5.74, 6) is -0.0559. The topological polar surface area (TPSA) is 41.6 Å². The summed E-state index contributed by atoms with van der Waals surface area (Å²) in [6.07, 6.45) is 1.29. The highest BCUT2D eigenvalue weighted by Gasteiger charge is 2.26. The summed E-state index contributed by atoms with van der Waals surface area (Å²) in [7, 11) is 1.81. The highest BCUT2D eigenvalue weighted by atomic mass is 35.5. The number of hydrogen-bond donors (Lipinski definition) is 1. The van der Waals surface area contributed by atoms with Crippen molar-refractivity contribution in [1.82, 2.24) is 10.2 Å². The van der Waals surface area contributed by atoms with Crippen molar-refractivity contribution in [2.75, 3.05) is 20.1 Å². The standard InChI is InChI=1S/C15H21FN2O2.ClH/c1-11(20-14-5-3-4-12(16)10-14)15(19)18(2)13-6-8-17-9-7-13;/h3-5,10-11,13,17H,6-9H2,1-2H3;1H. The lowest BCUT2D eigenvalue weighted by molar-refractivity contribution is -0.139. The van der Waals surface area contributed by atoms with Gasteiger partial charge in [-0.2, -0.15) is 0 Å². The van der Waals surface area contributed by atoms with Gasteiger partial charge in [-0.25, -0.2) is 4.39 Å². The number of rotatable bonds is 4. The van der Waals surface area contributed by atoms with E-state index in [0.717, 1.165) is 25.9 Å². The second-order valence-corrected chi connectivity index (χ2v) is 5.15. The molecule has 4 nitrogen and oxygen atoms in total. The van der Waals surface area contributed by atoms with E-state index in [0.29, 0.717) is 5.75 Å². The quantitative estimate of drug-likeness (QED) is 0.926. The Bertz CT molecular complexity index is 467. The van der Waals surface area contributed by atoms with Crippen LogP contribution in [0.1, 0.15) is 19.8 Å². The van der Waals surface area contributed by atoms with Gasteiger partial charge in [-0.15, -0.1) is 12.4 Å². The Morgan fingerprint density at radius 1 is 1.43 bits per heavy atom. The van der Waals surface area contributed by atoms with Crippen LogP contribution in [0, 0.1) is 5.82 Å². The van der Waals surface area contributed by atoms with Gasteiger partial charge in [-0.3, -0.25) is 4.79 Å². The highest BCUT2D eigenvalue weighted by molar-refractivity contribution is 5.85. The van der Waals surface area contributed by atoms with Crippen LogP contribution >= 0.6 is 12.4 Å². The fourth-order valence-corrected chi connectivity index (χ4v) is 2.46. The van der Waals surface area contributed by atoms with Gasteiger partial charge in [0.1, 0.15) is 11.6 Å². The molecule has 0 aromatic heterocycles. The molecule has 1 fully saturated rings. The number of likely N-dealkylation sites (N-methyl/N-ethyl adjacent to an activating group) is 1.